The number of hydrogen-bond donors (Lipinski definition) is 1. The van der Waals surface area contributed by atoms with Gasteiger partial charge in [0.15, 0.2) is 0 Å². The van der Waals surface area contributed by atoms with Crippen LogP contribution in [-0.2, 0) is 4.74 Å². The molecule has 1 heterocycles. The second kappa shape index (κ2) is 6.55. The standard InChI is InChI=1S/C16H30N2O/c1-2-7-16(8-3-1,13-17-15-5-6-15)14-18-9-4-11-19-12-10-18/h15,17H,1-14H2. The molecule has 3 rings (SSSR count). The maximum Gasteiger partial charge on any atom is 0.0593 e. The van der Waals surface area contributed by atoms with Crippen LogP contribution in [0.3, 0.4) is 0 Å². The first-order valence-electron chi connectivity index (χ1n) is 8.40. The molecule has 0 bridgehead atoms. The molecule has 0 radical (unpaired) electrons. The average molecular weight is 266 g/mol. The molecule has 0 aromatic rings. The van der Waals surface area contributed by atoms with Gasteiger partial charge in [0.2, 0.25) is 0 Å². The Morgan fingerprint density at radius 2 is 1.84 bits per heavy atom. The molecule has 3 aliphatic rings. The summed E-state index contributed by atoms with van der Waals surface area (Å²) >= 11 is 0. The number of nitrogens with zero attached hydrogens (tertiary/aromatic N) is 1. The average Bonchev–Trinajstić information content (AvgIpc) is 3.26. The molecule has 0 atom stereocenters. The quantitative estimate of drug-likeness (QED) is 0.827. The summed E-state index contributed by atoms with van der Waals surface area (Å²) in [5.74, 6) is 0. The SMILES string of the molecule is C1CCC(CNC2CC2)(CN2CCCOCC2)CC1. The smallest absolute Gasteiger partial charge is 0.0593 e. The van der Waals surface area contributed by atoms with Crippen molar-refractivity contribution < 1.29 is 4.74 Å². The number of rotatable bonds is 5. The molecule has 0 unspecified atom stereocenters. The molecule has 110 valence electrons. The van der Waals surface area contributed by atoms with Gasteiger partial charge in [0, 0.05) is 38.8 Å². The fourth-order valence-corrected chi connectivity index (χ4v) is 3.77. The van der Waals surface area contributed by atoms with Gasteiger partial charge in [-0.05, 0) is 37.5 Å². The minimum atomic E-state index is 0.561. The lowest BCUT2D eigenvalue weighted by molar-refractivity contribution is 0.0935. The van der Waals surface area contributed by atoms with Crippen LogP contribution in [0.2, 0.25) is 0 Å². The van der Waals surface area contributed by atoms with E-state index in [-0.39, 0.29) is 0 Å². The zero-order valence-electron chi connectivity index (χ0n) is 12.3. The van der Waals surface area contributed by atoms with Gasteiger partial charge in [-0.2, -0.15) is 0 Å². The second-order valence-corrected chi connectivity index (χ2v) is 6.96. The van der Waals surface area contributed by atoms with Gasteiger partial charge in [0.05, 0.1) is 6.61 Å². The summed E-state index contributed by atoms with van der Waals surface area (Å²) in [6, 6.07) is 0.853. The van der Waals surface area contributed by atoms with Crippen LogP contribution in [0.5, 0.6) is 0 Å². The predicted octanol–water partition coefficient (Wildman–Crippen LogP) is 2.41. The van der Waals surface area contributed by atoms with Crippen LogP contribution in [0.1, 0.15) is 51.4 Å². The molecule has 0 aromatic carbocycles. The number of hydrogen-bond acceptors (Lipinski definition) is 3. The Labute approximate surface area is 118 Å². The molecule has 1 aliphatic heterocycles. The van der Waals surface area contributed by atoms with Crippen LogP contribution in [-0.4, -0.2) is 50.3 Å². The Hall–Kier alpha value is -0.120. The summed E-state index contributed by atoms with van der Waals surface area (Å²) < 4.78 is 5.60. The molecule has 1 saturated heterocycles. The molecule has 0 amide bonds. The molecule has 19 heavy (non-hydrogen) atoms. The highest BCUT2D eigenvalue weighted by Crippen LogP contribution is 2.37. The van der Waals surface area contributed by atoms with E-state index in [0.717, 1.165) is 25.8 Å². The van der Waals surface area contributed by atoms with Gasteiger partial charge in [-0.1, -0.05) is 19.3 Å². The van der Waals surface area contributed by atoms with Crippen molar-refractivity contribution in [3.63, 3.8) is 0 Å². The first-order chi connectivity index (χ1) is 9.36. The molecule has 3 nitrogen and oxygen atoms in total. The van der Waals surface area contributed by atoms with Crippen LogP contribution in [0, 0.1) is 5.41 Å². The predicted molar refractivity (Wildman–Crippen MR) is 78.4 cm³/mol. The summed E-state index contributed by atoms with van der Waals surface area (Å²) in [4.78, 5) is 2.67. The molecule has 2 aliphatic carbocycles. The van der Waals surface area contributed by atoms with Gasteiger partial charge in [0.25, 0.3) is 0 Å². The van der Waals surface area contributed by atoms with Gasteiger partial charge < -0.3 is 15.0 Å². The summed E-state index contributed by atoms with van der Waals surface area (Å²) in [6.07, 6.45) is 11.2. The van der Waals surface area contributed by atoms with Gasteiger partial charge >= 0.3 is 0 Å². The second-order valence-electron chi connectivity index (χ2n) is 6.96. The molecular formula is C16H30N2O. The third-order valence-electron chi connectivity index (χ3n) is 5.13. The number of ether oxygens (including phenoxy) is 1. The van der Waals surface area contributed by atoms with E-state index in [1.807, 2.05) is 0 Å². The van der Waals surface area contributed by atoms with Crippen molar-refractivity contribution in [2.24, 2.45) is 5.41 Å². The summed E-state index contributed by atoms with van der Waals surface area (Å²) in [7, 11) is 0. The number of nitrogens with one attached hydrogen (secondary N) is 1. The van der Waals surface area contributed by atoms with E-state index in [0.29, 0.717) is 5.41 Å². The Balaban J connectivity index is 1.56. The van der Waals surface area contributed by atoms with Crippen molar-refractivity contribution in [1.82, 2.24) is 10.2 Å². The van der Waals surface area contributed by atoms with Crippen molar-refractivity contribution in [2.45, 2.75) is 57.4 Å². The van der Waals surface area contributed by atoms with Crippen LogP contribution in [0.15, 0.2) is 0 Å². The fourth-order valence-electron chi connectivity index (χ4n) is 3.77. The Morgan fingerprint density at radius 1 is 1.00 bits per heavy atom. The van der Waals surface area contributed by atoms with Crippen molar-refractivity contribution >= 4 is 0 Å². The Kier molecular flexibility index (Phi) is 4.78. The summed E-state index contributed by atoms with van der Waals surface area (Å²) in [5.41, 5.74) is 0.561. The first kappa shape index (κ1) is 13.8. The van der Waals surface area contributed by atoms with Gasteiger partial charge in [0.1, 0.15) is 0 Å². The van der Waals surface area contributed by atoms with E-state index in [2.05, 4.69) is 10.2 Å². The maximum absolute atomic E-state index is 5.60. The van der Waals surface area contributed by atoms with Gasteiger partial charge in [-0.3, -0.25) is 0 Å². The summed E-state index contributed by atoms with van der Waals surface area (Å²) in [6.45, 7) is 6.84. The largest absolute Gasteiger partial charge is 0.380 e. The first-order valence-corrected chi connectivity index (χ1v) is 8.40. The zero-order chi connectivity index (χ0) is 13.0. The summed E-state index contributed by atoms with van der Waals surface area (Å²) in [5, 5.41) is 3.81. The molecule has 3 heteroatoms. The minimum Gasteiger partial charge on any atom is -0.380 e. The lowest BCUT2D eigenvalue weighted by atomic mass is 9.73. The fraction of sp³-hybridized carbons (Fsp3) is 1.00. The van der Waals surface area contributed by atoms with E-state index in [9.17, 15) is 0 Å². The van der Waals surface area contributed by atoms with Crippen molar-refractivity contribution in [2.75, 3.05) is 39.4 Å². The Bertz CT molecular complexity index is 264. The van der Waals surface area contributed by atoms with E-state index in [1.165, 1.54) is 71.0 Å². The van der Waals surface area contributed by atoms with Gasteiger partial charge in [-0.25, -0.2) is 0 Å². The monoisotopic (exact) mass is 266 g/mol. The van der Waals surface area contributed by atoms with Crippen LogP contribution < -0.4 is 5.32 Å². The third kappa shape index (κ3) is 4.17. The molecule has 0 spiro atoms. The Morgan fingerprint density at radius 3 is 2.63 bits per heavy atom. The van der Waals surface area contributed by atoms with Crippen LogP contribution >= 0.6 is 0 Å². The van der Waals surface area contributed by atoms with E-state index in [4.69, 9.17) is 4.74 Å². The van der Waals surface area contributed by atoms with Crippen molar-refractivity contribution in [3.05, 3.63) is 0 Å². The minimum absolute atomic E-state index is 0.561. The van der Waals surface area contributed by atoms with Crippen LogP contribution in [0.25, 0.3) is 0 Å². The van der Waals surface area contributed by atoms with Crippen LogP contribution in [0.4, 0.5) is 0 Å². The molecule has 2 saturated carbocycles. The maximum atomic E-state index is 5.60. The van der Waals surface area contributed by atoms with Crippen molar-refractivity contribution in [1.29, 1.82) is 0 Å². The molecule has 1 N–H and O–H groups in total. The third-order valence-corrected chi connectivity index (χ3v) is 5.13. The van der Waals surface area contributed by atoms with E-state index >= 15 is 0 Å². The molecule has 0 aromatic heterocycles. The van der Waals surface area contributed by atoms with E-state index in [1.54, 1.807) is 0 Å². The highest BCUT2D eigenvalue weighted by atomic mass is 16.5. The van der Waals surface area contributed by atoms with Crippen molar-refractivity contribution in [3.8, 4) is 0 Å². The molecule has 3 fully saturated rings. The lowest BCUT2D eigenvalue weighted by Crippen LogP contribution is -2.46. The normalized spacial score (nSPS) is 29.1. The lowest BCUT2D eigenvalue weighted by Gasteiger charge is -2.41. The highest BCUT2D eigenvalue weighted by Gasteiger charge is 2.35. The van der Waals surface area contributed by atoms with E-state index < -0.39 is 0 Å². The molecular weight excluding hydrogens is 236 g/mol. The highest BCUT2D eigenvalue weighted by molar-refractivity contribution is 4.91. The zero-order valence-corrected chi connectivity index (χ0v) is 12.3. The van der Waals surface area contributed by atoms with Gasteiger partial charge in [-0.15, -0.1) is 0 Å². The topological polar surface area (TPSA) is 24.5 Å².